The number of anilines is 1. The molecular formula is C27H18BrF2N3O5S2. The molecule has 8 nitrogen and oxygen atoms in total. The lowest BCUT2D eigenvalue weighted by molar-refractivity contribution is -0.132. The number of phenolic OH excluding ortho intramolecular Hbond substituents is 1. The Kier molecular flexibility index (Phi) is 7.88. The second-order valence-corrected chi connectivity index (χ2v) is 11.5. The number of amides is 1. The van der Waals surface area contributed by atoms with E-state index >= 15 is 0 Å². The van der Waals surface area contributed by atoms with Gasteiger partial charge >= 0.3 is 5.91 Å². The summed E-state index contributed by atoms with van der Waals surface area (Å²) >= 11 is 5.64. The fraction of sp³-hybridized carbons (Fsp3) is 0.111. The molecule has 1 aliphatic heterocycles. The number of phenols is 1. The van der Waals surface area contributed by atoms with Crippen LogP contribution in [0.4, 0.5) is 13.9 Å². The van der Waals surface area contributed by atoms with Gasteiger partial charge in [-0.2, -0.15) is 0 Å². The maximum atomic E-state index is 13.5. The standard InChI is InChI=1S/C27H18BrF2N3O5S2/c1-38-19-11-15(10-18(28)23(19)35)21-20(22(34)14-4-8-17(30)9-5-14)24(36)25(37)33(21)26-31-32-27(40-26)39-12-13-2-6-16(29)7-3-13/h2-11,21,34-35H,12H2,1H3/b22-20-. The van der Waals surface area contributed by atoms with E-state index in [0.29, 0.717) is 15.7 Å². The molecule has 4 aromatic rings. The molecule has 2 N–H and O–H groups in total. The highest BCUT2D eigenvalue weighted by molar-refractivity contribution is 9.10. The van der Waals surface area contributed by atoms with Gasteiger partial charge < -0.3 is 14.9 Å². The van der Waals surface area contributed by atoms with Crippen molar-refractivity contribution < 1.29 is 33.3 Å². The van der Waals surface area contributed by atoms with E-state index in [2.05, 4.69) is 26.1 Å². The summed E-state index contributed by atoms with van der Waals surface area (Å²) in [5.41, 5.74) is 1.04. The molecular weight excluding hydrogens is 628 g/mol. The zero-order valence-corrected chi connectivity index (χ0v) is 23.7. The second-order valence-electron chi connectivity index (χ2n) is 8.50. The van der Waals surface area contributed by atoms with E-state index in [9.17, 15) is 28.6 Å². The van der Waals surface area contributed by atoms with Crippen molar-refractivity contribution in [2.45, 2.75) is 16.1 Å². The monoisotopic (exact) mass is 645 g/mol. The van der Waals surface area contributed by atoms with E-state index in [-0.39, 0.29) is 38.1 Å². The van der Waals surface area contributed by atoms with Gasteiger partial charge in [0.1, 0.15) is 17.4 Å². The van der Waals surface area contributed by atoms with Crippen molar-refractivity contribution in [2.75, 3.05) is 12.0 Å². The third-order valence-corrected chi connectivity index (χ3v) is 8.76. The van der Waals surface area contributed by atoms with Crippen LogP contribution in [0.3, 0.4) is 0 Å². The average Bonchev–Trinajstić information content (AvgIpc) is 3.51. The van der Waals surface area contributed by atoms with Crippen LogP contribution in [0.2, 0.25) is 0 Å². The normalized spacial score (nSPS) is 16.5. The quantitative estimate of drug-likeness (QED) is 0.0802. The number of methoxy groups -OCH3 is 1. The average molecular weight is 646 g/mol. The second kappa shape index (κ2) is 11.4. The number of aromatic hydroxyl groups is 1. The lowest BCUT2D eigenvalue weighted by Crippen LogP contribution is -2.29. The van der Waals surface area contributed by atoms with E-state index in [1.165, 1.54) is 55.3 Å². The van der Waals surface area contributed by atoms with Gasteiger partial charge in [-0.25, -0.2) is 8.78 Å². The zero-order chi connectivity index (χ0) is 28.6. The molecule has 0 radical (unpaired) electrons. The number of benzene rings is 3. The van der Waals surface area contributed by atoms with Gasteiger partial charge in [-0.1, -0.05) is 35.2 Å². The lowest BCUT2D eigenvalue weighted by atomic mass is 9.95. The van der Waals surface area contributed by atoms with Gasteiger partial charge in [-0.15, -0.1) is 10.2 Å². The summed E-state index contributed by atoms with van der Waals surface area (Å²) in [6.45, 7) is 0. The Labute approximate surface area is 243 Å². The predicted octanol–water partition coefficient (Wildman–Crippen LogP) is 6.21. The Morgan fingerprint density at radius 3 is 2.38 bits per heavy atom. The fourth-order valence-electron chi connectivity index (χ4n) is 4.10. The first-order valence-corrected chi connectivity index (χ1v) is 14.1. The summed E-state index contributed by atoms with van der Waals surface area (Å²) in [4.78, 5) is 27.9. The van der Waals surface area contributed by atoms with Crippen molar-refractivity contribution in [1.82, 2.24) is 10.2 Å². The van der Waals surface area contributed by atoms with Crippen LogP contribution in [0.15, 0.2) is 75.0 Å². The number of aromatic nitrogens is 2. The molecule has 1 amide bonds. The van der Waals surface area contributed by atoms with E-state index in [1.54, 1.807) is 12.1 Å². The Balaban J connectivity index is 1.59. The van der Waals surface area contributed by atoms with E-state index in [0.717, 1.165) is 33.9 Å². The minimum Gasteiger partial charge on any atom is -0.507 e. The molecule has 1 fully saturated rings. The molecule has 1 aromatic heterocycles. The molecule has 2 heterocycles. The molecule has 0 bridgehead atoms. The molecule has 1 saturated heterocycles. The summed E-state index contributed by atoms with van der Waals surface area (Å²) in [6.07, 6.45) is 0. The van der Waals surface area contributed by atoms with Crippen LogP contribution in [0.5, 0.6) is 11.5 Å². The number of thioether (sulfide) groups is 1. The lowest BCUT2D eigenvalue weighted by Gasteiger charge is -2.23. The van der Waals surface area contributed by atoms with E-state index < -0.39 is 29.3 Å². The van der Waals surface area contributed by atoms with Crippen molar-refractivity contribution in [1.29, 1.82) is 0 Å². The van der Waals surface area contributed by atoms with Crippen LogP contribution >= 0.6 is 39.0 Å². The Bertz CT molecular complexity index is 1650. The molecule has 1 unspecified atom stereocenters. The third kappa shape index (κ3) is 5.31. The van der Waals surface area contributed by atoms with Crippen LogP contribution in [-0.4, -0.2) is 39.2 Å². The minimum atomic E-state index is -1.18. The molecule has 1 atom stereocenters. The number of ketones is 1. The van der Waals surface area contributed by atoms with Gasteiger partial charge in [0.05, 0.1) is 23.2 Å². The number of ether oxygens (including phenoxy) is 1. The minimum absolute atomic E-state index is 0.0598. The molecule has 204 valence electrons. The summed E-state index contributed by atoms with van der Waals surface area (Å²) in [7, 11) is 1.34. The topological polar surface area (TPSA) is 113 Å². The number of rotatable bonds is 7. The number of hydrogen-bond donors (Lipinski definition) is 2. The van der Waals surface area contributed by atoms with Gasteiger partial charge in [0.25, 0.3) is 5.78 Å². The highest BCUT2D eigenvalue weighted by Gasteiger charge is 2.48. The Morgan fingerprint density at radius 2 is 1.73 bits per heavy atom. The van der Waals surface area contributed by atoms with Crippen molar-refractivity contribution >= 4 is 61.6 Å². The first kappa shape index (κ1) is 27.7. The Morgan fingerprint density at radius 1 is 1.07 bits per heavy atom. The maximum absolute atomic E-state index is 13.5. The fourth-order valence-corrected chi connectivity index (χ4v) is 6.38. The largest absolute Gasteiger partial charge is 0.507 e. The first-order chi connectivity index (χ1) is 19.2. The summed E-state index contributed by atoms with van der Waals surface area (Å²) in [5.74, 6) is -3.01. The smallest absolute Gasteiger partial charge is 0.301 e. The SMILES string of the molecule is COc1cc(C2/C(=C(/O)c3ccc(F)cc3)C(=O)C(=O)N2c2nnc(SCc3ccc(F)cc3)s2)cc(Br)c1O. The molecule has 0 spiro atoms. The number of carbonyl (C=O) groups excluding carboxylic acids is 2. The van der Waals surface area contributed by atoms with Crippen LogP contribution in [0.1, 0.15) is 22.7 Å². The number of nitrogens with zero attached hydrogens (tertiary/aromatic N) is 3. The highest BCUT2D eigenvalue weighted by Crippen LogP contribution is 2.47. The van der Waals surface area contributed by atoms with Crippen LogP contribution in [-0.2, 0) is 15.3 Å². The molecule has 0 saturated carbocycles. The van der Waals surface area contributed by atoms with Gasteiger partial charge in [0.15, 0.2) is 15.8 Å². The summed E-state index contributed by atoms with van der Waals surface area (Å²) in [6, 6.07) is 12.6. The summed E-state index contributed by atoms with van der Waals surface area (Å²) in [5, 5.41) is 29.9. The number of aliphatic hydroxyl groups is 1. The van der Waals surface area contributed by atoms with Gasteiger partial charge in [0, 0.05) is 11.3 Å². The van der Waals surface area contributed by atoms with Crippen molar-refractivity contribution in [2.24, 2.45) is 0 Å². The number of hydrogen-bond acceptors (Lipinski definition) is 9. The van der Waals surface area contributed by atoms with E-state index in [4.69, 9.17) is 4.74 Å². The van der Waals surface area contributed by atoms with Gasteiger partial charge in [-0.05, 0) is 75.6 Å². The molecule has 5 rings (SSSR count). The highest BCUT2D eigenvalue weighted by atomic mass is 79.9. The summed E-state index contributed by atoms with van der Waals surface area (Å²) < 4.78 is 32.7. The predicted molar refractivity (Wildman–Crippen MR) is 149 cm³/mol. The van der Waals surface area contributed by atoms with Crippen molar-refractivity contribution in [3.05, 3.63) is 99.0 Å². The van der Waals surface area contributed by atoms with Crippen LogP contribution in [0.25, 0.3) is 5.76 Å². The third-order valence-electron chi connectivity index (χ3n) is 6.03. The molecule has 13 heteroatoms. The van der Waals surface area contributed by atoms with Crippen molar-refractivity contribution in [3.8, 4) is 11.5 Å². The maximum Gasteiger partial charge on any atom is 0.301 e. The first-order valence-electron chi connectivity index (χ1n) is 11.5. The van der Waals surface area contributed by atoms with E-state index in [1.807, 2.05) is 0 Å². The van der Waals surface area contributed by atoms with Gasteiger partial charge in [-0.3, -0.25) is 14.5 Å². The van der Waals surface area contributed by atoms with Crippen LogP contribution in [0, 0.1) is 11.6 Å². The molecule has 40 heavy (non-hydrogen) atoms. The molecule has 3 aromatic carbocycles. The van der Waals surface area contributed by atoms with Crippen LogP contribution < -0.4 is 9.64 Å². The number of aliphatic hydroxyl groups excluding tert-OH is 1. The zero-order valence-electron chi connectivity index (χ0n) is 20.5. The number of Topliss-reactive ketones (excluding diaryl/α,β-unsaturated/α-hetero) is 1. The number of carbonyl (C=O) groups is 2. The Hall–Kier alpha value is -3.81. The molecule has 0 aliphatic carbocycles. The van der Waals surface area contributed by atoms with Gasteiger partial charge in [0.2, 0.25) is 5.13 Å². The molecule has 1 aliphatic rings. The van der Waals surface area contributed by atoms with Crippen molar-refractivity contribution in [3.63, 3.8) is 0 Å². The number of halogens is 3.